The summed E-state index contributed by atoms with van der Waals surface area (Å²) in [4.78, 5) is 32.5. The Morgan fingerprint density at radius 1 is 1.26 bits per heavy atom. The fourth-order valence-electron chi connectivity index (χ4n) is 1.73. The van der Waals surface area contributed by atoms with Gasteiger partial charge in [-0.15, -0.1) is 0 Å². The van der Waals surface area contributed by atoms with Crippen molar-refractivity contribution in [2.45, 2.75) is 31.8 Å². The number of carboxylic acids is 1. The fraction of sp³-hybridized carbons (Fsp3) is 0.583. The summed E-state index contributed by atoms with van der Waals surface area (Å²) in [6.07, 6.45) is 5.52. The molecule has 7 heteroatoms. The average Bonchev–Trinajstić information content (AvgIpc) is 2.37. The summed E-state index contributed by atoms with van der Waals surface area (Å²) in [5, 5.41) is 12.8. The van der Waals surface area contributed by atoms with E-state index in [0.717, 1.165) is 31.9 Å². The number of ether oxygens (including phenoxy) is 1. The maximum atomic E-state index is 11.3. The van der Waals surface area contributed by atoms with Crippen molar-refractivity contribution >= 4 is 17.9 Å². The van der Waals surface area contributed by atoms with Crippen molar-refractivity contribution in [3.05, 3.63) is 12.2 Å². The third-order valence-corrected chi connectivity index (χ3v) is 2.64. The zero-order chi connectivity index (χ0) is 14.1. The third kappa shape index (κ3) is 7.20. The van der Waals surface area contributed by atoms with Crippen LogP contribution >= 0.6 is 0 Å². The Labute approximate surface area is 111 Å². The number of amides is 3. The number of urea groups is 1. The predicted octanol–water partition coefficient (Wildman–Crippen LogP) is 0.412. The molecule has 0 spiro atoms. The second-order valence-electron chi connectivity index (χ2n) is 4.19. The van der Waals surface area contributed by atoms with Crippen LogP contribution in [-0.2, 0) is 14.3 Å². The minimum Gasteiger partial charge on any atom is -0.478 e. The first kappa shape index (κ1) is 15.2. The van der Waals surface area contributed by atoms with Gasteiger partial charge in [-0.05, 0) is 25.7 Å². The van der Waals surface area contributed by atoms with E-state index in [1.54, 1.807) is 0 Å². The maximum Gasteiger partial charge on any atom is 0.328 e. The second kappa shape index (κ2) is 8.25. The minimum atomic E-state index is -1.25. The molecule has 1 fully saturated rings. The highest BCUT2D eigenvalue weighted by Crippen LogP contribution is 2.14. The van der Waals surface area contributed by atoms with Gasteiger partial charge in [0.2, 0.25) is 0 Å². The molecule has 0 saturated carbocycles. The smallest absolute Gasteiger partial charge is 0.328 e. The van der Waals surface area contributed by atoms with Crippen LogP contribution in [0.5, 0.6) is 0 Å². The van der Waals surface area contributed by atoms with Gasteiger partial charge in [-0.25, -0.2) is 9.59 Å². The van der Waals surface area contributed by atoms with Crippen molar-refractivity contribution in [3.63, 3.8) is 0 Å². The summed E-state index contributed by atoms with van der Waals surface area (Å²) < 4.78 is 5.49. The van der Waals surface area contributed by atoms with E-state index >= 15 is 0 Å². The molecule has 0 aromatic rings. The Morgan fingerprint density at radius 2 is 2.05 bits per heavy atom. The number of nitrogens with one attached hydrogen (secondary N) is 2. The molecule has 106 valence electrons. The lowest BCUT2D eigenvalue weighted by molar-refractivity contribution is -0.131. The van der Waals surface area contributed by atoms with Gasteiger partial charge in [-0.1, -0.05) is 0 Å². The minimum absolute atomic E-state index is 0.164. The van der Waals surface area contributed by atoms with E-state index < -0.39 is 17.9 Å². The van der Waals surface area contributed by atoms with E-state index in [9.17, 15) is 14.4 Å². The van der Waals surface area contributed by atoms with Crippen LogP contribution in [0.1, 0.15) is 25.7 Å². The molecule has 1 heterocycles. The number of rotatable bonds is 5. The standard InChI is InChI=1S/C12H18N2O5/c15-10(4-5-11(16)17)14-12(18)13-7-6-9-3-1-2-8-19-9/h4-5,9H,1-3,6-8H2,(H,16,17)(H2,13,14,15,18)/b5-4+. The quantitative estimate of drug-likeness (QED) is 0.628. The van der Waals surface area contributed by atoms with Crippen molar-refractivity contribution in [1.29, 1.82) is 0 Å². The lowest BCUT2D eigenvalue weighted by Crippen LogP contribution is -2.40. The highest BCUT2D eigenvalue weighted by atomic mass is 16.5. The first-order valence-electron chi connectivity index (χ1n) is 6.19. The number of carboxylic acid groups (broad SMARTS) is 1. The topological polar surface area (TPSA) is 105 Å². The molecule has 1 aliphatic heterocycles. The lowest BCUT2D eigenvalue weighted by atomic mass is 10.1. The van der Waals surface area contributed by atoms with Crippen molar-refractivity contribution in [2.24, 2.45) is 0 Å². The Bertz CT molecular complexity index is 361. The van der Waals surface area contributed by atoms with E-state index in [4.69, 9.17) is 9.84 Å². The van der Waals surface area contributed by atoms with Gasteiger partial charge in [0.1, 0.15) is 0 Å². The van der Waals surface area contributed by atoms with Gasteiger partial charge >= 0.3 is 12.0 Å². The van der Waals surface area contributed by atoms with E-state index in [0.29, 0.717) is 19.0 Å². The van der Waals surface area contributed by atoms with Crippen LogP contribution < -0.4 is 10.6 Å². The molecule has 0 radical (unpaired) electrons. The number of carbonyl (C=O) groups is 3. The van der Waals surface area contributed by atoms with Gasteiger partial charge in [0.05, 0.1) is 6.10 Å². The zero-order valence-corrected chi connectivity index (χ0v) is 10.6. The molecular weight excluding hydrogens is 252 g/mol. The zero-order valence-electron chi connectivity index (χ0n) is 10.6. The highest BCUT2D eigenvalue weighted by Gasteiger charge is 2.13. The third-order valence-electron chi connectivity index (χ3n) is 2.64. The van der Waals surface area contributed by atoms with Crippen molar-refractivity contribution < 1.29 is 24.2 Å². The molecule has 1 aliphatic rings. The first-order chi connectivity index (χ1) is 9.08. The number of hydrogen-bond acceptors (Lipinski definition) is 4. The molecule has 3 N–H and O–H groups in total. The number of carbonyl (C=O) groups excluding carboxylic acids is 2. The molecular formula is C12H18N2O5. The molecule has 3 amide bonds. The van der Waals surface area contributed by atoms with Gasteiger partial charge in [0.25, 0.3) is 5.91 Å². The molecule has 0 aromatic heterocycles. The van der Waals surface area contributed by atoms with Crippen molar-refractivity contribution in [2.75, 3.05) is 13.2 Å². The molecule has 1 saturated heterocycles. The summed E-state index contributed by atoms with van der Waals surface area (Å²) in [5.74, 6) is -2.01. The summed E-state index contributed by atoms with van der Waals surface area (Å²) in [6.45, 7) is 1.17. The summed E-state index contributed by atoms with van der Waals surface area (Å²) in [5.41, 5.74) is 0. The predicted molar refractivity (Wildman–Crippen MR) is 66.5 cm³/mol. The van der Waals surface area contributed by atoms with Gasteiger partial charge < -0.3 is 15.2 Å². The van der Waals surface area contributed by atoms with Crippen LogP contribution in [-0.4, -0.2) is 42.3 Å². The van der Waals surface area contributed by atoms with Crippen LogP contribution in [0.4, 0.5) is 4.79 Å². The molecule has 1 unspecified atom stereocenters. The Morgan fingerprint density at radius 3 is 2.68 bits per heavy atom. The normalized spacial score (nSPS) is 19.1. The Kier molecular flexibility index (Phi) is 6.59. The van der Waals surface area contributed by atoms with Gasteiger partial charge in [-0.2, -0.15) is 0 Å². The van der Waals surface area contributed by atoms with Gasteiger partial charge in [-0.3, -0.25) is 10.1 Å². The summed E-state index contributed by atoms with van der Waals surface area (Å²) >= 11 is 0. The van der Waals surface area contributed by atoms with Crippen molar-refractivity contribution in [1.82, 2.24) is 10.6 Å². The summed E-state index contributed by atoms with van der Waals surface area (Å²) in [7, 11) is 0. The number of aliphatic carboxylic acids is 1. The number of hydrogen-bond donors (Lipinski definition) is 3. The van der Waals surface area contributed by atoms with E-state index in [-0.39, 0.29) is 6.10 Å². The van der Waals surface area contributed by atoms with Crippen LogP contribution in [0.25, 0.3) is 0 Å². The molecule has 0 aromatic carbocycles. The Hall–Kier alpha value is -1.89. The van der Waals surface area contributed by atoms with Crippen LogP contribution in [0.15, 0.2) is 12.2 Å². The highest BCUT2D eigenvalue weighted by molar-refractivity contribution is 6.02. The molecule has 19 heavy (non-hydrogen) atoms. The van der Waals surface area contributed by atoms with E-state index in [1.165, 1.54) is 0 Å². The monoisotopic (exact) mass is 270 g/mol. The van der Waals surface area contributed by atoms with Gasteiger partial charge in [0, 0.05) is 25.3 Å². The molecule has 7 nitrogen and oxygen atoms in total. The second-order valence-corrected chi connectivity index (χ2v) is 4.19. The molecule has 1 rings (SSSR count). The fourth-order valence-corrected chi connectivity index (χ4v) is 1.73. The van der Waals surface area contributed by atoms with Gasteiger partial charge in [0.15, 0.2) is 0 Å². The first-order valence-corrected chi connectivity index (χ1v) is 6.19. The van der Waals surface area contributed by atoms with E-state index in [1.807, 2.05) is 5.32 Å². The van der Waals surface area contributed by atoms with E-state index in [2.05, 4.69) is 5.32 Å². The Balaban J connectivity index is 2.13. The molecule has 1 atom stereocenters. The maximum absolute atomic E-state index is 11.3. The number of imide groups is 1. The van der Waals surface area contributed by atoms with Crippen LogP contribution in [0, 0.1) is 0 Å². The summed E-state index contributed by atoms with van der Waals surface area (Å²) in [6, 6.07) is -0.643. The average molecular weight is 270 g/mol. The largest absolute Gasteiger partial charge is 0.478 e. The van der Waals surface area contributed by atoms with Crippen LogP contribution in [0.3, 0.4) is 0 Å². The molecule has 0 bridgehead atoms. The molecule has 0 aliphatic carbocycles. The lowest BCUT2D eigenvalue weighted by Gasteiger charge is -2.22. The van der Waals surface area contributed by atoms with Crippen LogP contribution in [0.2, 0.25) is 0 Å². The van der Waals surface area contributed by atoms with Crippen molar-refractivity contribution in [3.8, 4) is 0 Å². The SMILES string of the molecule is O=C(O)/C=C/C(=O)NC(=O)NCCC1CCCCO1.